The highest BCUT2D eigenvalue weighted by Gasteiger charge is 2.16. The molecule has 1 amide bonds. The average molecular weight is 348 g/mol. The number of anilines is 1. The monoisotopic (exact) mass is 348 g/mol. The molecule has 132 valence electrons. The second kappa shape index (κ2) is 7.54. The number of carbonyl (C=O) groups is 1. The molecule has 0 radical (unpaired) electrons. The number of ether oxygens (including phenoxy) is 2. The molecule has 1 aliphatic rings. The first-order valence-corrected chi connectivity index (χ1v) is 8.79. The largest absolute Gasteiger partial charge is 0.491 e. The number of para-hydroxylation sites is 1. The Bertz CT molecular complexity index is 903. The second-order valence-electron chi connectivity index (χ2n) is 6.31. The highest BCUT2D eigenvalue weighted by molar-refractivity contribution is 6.04. The van der Waals surface area contributed by atoms with Crippen molar-refractivity contribution in [3.63, 3.8) is 0 Å². The highest BCUT2D eigenvalue weighted by atomic mass is 16.5. The number of benzene rings is 2. The molecule has 2 heterocycles. The van der Waals surface area contributed by atoms with Crippen molar-refractivity contribution >= 4 is 22.6 Å². The van der Waals surface area contributed by atoms with Crippen molar-refractivity contribution < 1.29 is 14.3 Å². The summed E-state index contributed by atoms with van der Waals surface area (Å²) in [6, 6.07) is 18.7. The van der Waals surface area contributed by atoms with Gasteiger partial charge in [-0.3, -0.25) is 4.79 Å². The average Bonchev–Trinajstić information content (AvgIpc) is 3.20. The lowest BCUT2D eigenvalue weighted by Crippen LogP contribution is -2.16. The molecule has 26 heavy (non-hydrogen) atoms. The predicted molar refractivity (Wildman–Crippen MR) is 101 cm³/mol. The smallest absolute Gasteiger partial charge is 0.256 e. The van der Waals surface area contributed by atoms with Gasteiger partial charge in [0, 0.05) is 17.6 Å². The maximum atomic E-state index is 12.4. The quantitative estimate of drug-likeness (QED) is 0.756. The molecular weight excluding hydrogens is 328 g/mol. The van der Waals surface area contributed by atoms with E-state index in [0.717, 1.165) is 36.1 Å². The zero-order valence-corrected chi connectivity index (χ0v) is 14.4. The van der Waals surface area contributed by atoms with Crippen molar-refractivity contribution in [1.29, 1.82) is 0 Å². The lowest BCUT2D eigenvalue weighted by molar-refractivity contribution is 0.0679. The van der Waals surface area contributed by atoms with Crippen LogP contribution in [0.2, 0.25) is 0 Å². The maximum Gasteiger partial charge on any atom is 0.256 e. The van der Waals surface area contributed by atoms with Gasteiger partial charge in [-0.15, -0.1) is 0 Å². The van der Waals surface area contributed by atoms with Crippen LogP contribution in [0.5, 0.6) is 5.75 Å². The Kier molecular flexibility index (Phi) is 4.80. The third-order valence-corrected chi connectivity index (χ3v) is 4.42. The molecule has 1 atom stereocenters. The fourth-order valence-electron chi connectivity index (χ4n) is 2.99. The number of nitrogens with zero attached hydrogens (tertiary/aromatic N) is 1. The number of amides is 1. The number of nitrogens with one attached hydrogen (secondary N) is 1. The summed E-state index contributed by atoms with van der Waals surface area (Å²) in [6.45, 7) is 1.36. The van der Waals surface area contributed by atoms with E-state index in [2.05, 4.69) is 10.3 Å². The van der Waals surface area contributed by atoms with Gasteiger partial charge in [0.2, 0.25) is 0 Å². The molecule has 2 aromatic carbocycles. The normalized spacial score (nSPS) is 16.5. The minimum absolute atomic E-state index is 0.178. The van der Waals surface area contributed by atoms with Crippen LogP contribution in [0.3, 0.4) is 0 Å². The standard InChI is InChI=1S/C21H20N2O3/c24-21(23-20-12-9-15-4-1-2-6-19(15)22-20)16-7-10-17(11-8-16)26-14-18-5-3-13-25-18/h1-2,4,6-12,18H,3,5,13-14H2,(H,22,23,24)/t18-/m1/s1. The number of rotatable bonds is 5. The van der Waals surface area contributed by atoms with Gasteiger partial charge in [-0.2, -0.15) is 0 Å². The van der Waals surface area contributed by atoms with Gasteiger partial charge in [-0.25, -0.2) is 4.98 Å². The molecule has 0 aliphatic carbocycles. The van der Waals surface area contributed by atoms with Gasteiger partial charge in [0.15, 0.2) is 0 Å². The molecule has 0 spiro atoms. The van der Waals surface area contributed by atoms with Crippen LogP contribution < -0.4 is 10.1 Å². The first-order chi connectivity index (χ1) is 12.8. The molecular formula is C21H20N2O3. The third kappa shape index (κ3) is 3.83. The van der Waals surface area contributed by atoms with E-state index < -0.39 is 0 Å². The van der Waals surface area contributed by atoms with Crippen LogP contribution in [0.15, 0.2) is 60.7 Å². The van der Waals surface area contributed by atoms with Crippen LogP contribution in [-0.2, 0) is 4.74 Å². The van der Waals surface area contributed by atoms with Gasteiger partial charge in [0.1, 0.15) is 18.2 Å². The van der Waals surface area contributed by atoms with E-state index in [4.69, 9.17) is 9.47 Å². The van der Waals surface area contributed by atoms with Crippen LogP contribution in [0.4, 0.5) is 5.82 Å². The molecule has 5 heteroatoms. The summed E-state index contributed by atoms with van der Waals surface area (Å²) >= 11 is 0. The molecule has 1 aromatic heterocycles. The summed E-state index contributed by atoms with van der Waals surface area (Å²) < 4.78 is 11.3. The number of aromatic nitrogens is 1. The van der Waals surface area contributed by atoms with Gasteiger partial charge in [-0.05, 0) is 55.3 Å². The molecule has 0 bridgehead atoms. The summed E-state index contributed by atoms with van der Waals surface area (Å²) in [5, 5.41) is 3.88. The van der Waals surface area contributed by atoms with Crippen LogP contribution >= 0.6 is 0 Å². The molecule has 4 rings (SSSR count). The lowest BCUT2D eigenvalue weighted by Gasteiger charge is -2.11. The number of hydrogen-bond acceptors (Lipinski definition) is 4. The molecule has 1 saturated heterocycles. The van der Waals surface area contributed by atoms with Crippen LogP contribution in [0.1, 0.15) is 23.2 Å². The van der Waals surface area contributed by atoms with E-state index in [-0.39, 0.29) is 12.0 Å². The fourth-order valence-corrected chi connectivity index (χ4v) is 2.99. The minimum atomic E-state index is -0.196. The summed E-state index contributed by atoms with van der Waals surface area (Å²) in [4.78, 5) is 16.9. The maximum absolute atomic E-state index is 12.4. The SMILES string of the molecule is O=C(Nc1ccc2ccccc2n1)c1ccc(OC[C@H]2CCCO2)cc1. The Labute approximate surface area is 152 Å². The molecule has 3 aromatic rings. The molecule has 0 saturated carbocycles. The van der Waals surface area contributed by atoms with Crippen molar-refractivity contribution in [3.8, 4) is 5.75 Å². The number of carbonyl (C=O) groups excluding carboxylic acids is 1. The van der Waals surface area contributed by atoms with Crippen molar-refractivity contribution in [3.05, 3.63) is 66.2 Å². The number of hydrogen-bond donors (Lipinski definition) is 1. The van der Waals surface area contributed by atoms with Crippen LogP contribution in [-0.4, -0.2) is 30.2 Å². The summed E-state index contributed by atoms with van der Waals surface area (Å²) in [5.74, 6) is 1.08. The van der Waals surface area contributed by atoms with Gasteiger partial charge in [-0.1, -0.05) is 18.2 Å². The van der Waals surface area contributed by atoms with Gasteiger partial charge in [0.25, 0.3) is 5.91 Å². The third-order valence-electron chi connectivity index (χ3n) is 4.42. The van der Waals surface area contributed by atoms with Crippen molar-refractivity contribution in [2.45, 2.75) is 18.9 Å². The van der Waals surface area contributed by atoms with Crippen molar-refractivity contribution in [2.24, 2.45) is 0 Å². The van der Waals surface area contributed by atoms with Crippen molar-refractivity contribution in [1.82, 2.24) is 4.98 Å². The van der Waals surface area contributed by atoms with E-state index in [1.165, 1.54) is 0 Å². The Morgan fingerprint density at radius 1 is 1.12 bits per heavy atom. The van der Waals surface area contributed by atoms with E-state index in [9.17, 15) is 4.79 Å². The van der Waals surface area contributed by atoms with E-state index in [1.807, 2.05) is 30.3 Å². The highest BCUT2D eigenvalue weighted by Crippen LogP contribution is 2.18. The van der Waals surface area contributed by atoms with E-state index in [1.54, 1.807) is 30.3 Å². The Morgan fingerprint density at radius 2 is 1.96 bits per heavy atom. The number of pyridine rings is 1. The molecule has 1 N–H and O–H groups in total. The van der Waals surface area contributed by atoms with E-state index in [0.29, 0.717) is 18.0 Å². The Morgan fingerprint density at radius 3 is 2.77 bits per heavy atom. The van der Waals surface area contributed by atoms with Crippen LogP contribution in [0.25, 0.3) is 10.9 Å². The first kappa shape index (κ1) is 16.5. The van der Waals surface area contributed by atoms with Crippen molar-refractivity contribution in [2.75, 3.05) is 18.5 Å². The Hall–Kier alpha value is -2.92. The minimum Gasteiger partial charge on any atom is -0.491 e. The second-order valence-corrected chi connectivity index (χ2v) is 6.31. The summed E-state index contributed by atoms with van der Waals surface area (Å²) in [5.41, 5.74) is 1.41. The molecule has 5 nitrogen and oxygen atoms in total. The summed E-state index contributed by atoms with van der Waals surface area (Å²) in [7, 11) is 0. The zero-order valence-electron chi connectivity index (χ0n) is 14.4. The van der Waals surface area contributed by atoms with Gasteiger partial charge in [0.05, 0.1) is 11.6 Å². The molecule has 1 fully saturated rings. The topological polar surface area (TPSA) is 60.5 Å². The van der Waals surface area contributed by atoms with Crippen LogP contribution in [0, 0.1) is 0 Å². The van der Waals surface area contributed by atoms with E-state index >= 15 is 0 Å². The summed E-state index contributed by atoms with van der Waals surface area (Å²) in [6.07, 6.45) is 2.31. The predicted octanol–water partition coefficient (Wildman–Crippen LogP) is 4.04. The first-order valence-electron chi connectivity index (χ1n) is 8.79. The Balaban J connectivity index is 1.38. The number of fused-ring (bicyclic) bond motifs is 1. The molecule has 1 aliphatic heterocycles. The zero-order chi connectivity index (χ0) is 17.8. The van der Waals surface area contributed by atoms with Gasteiger partial charge < -0.3 is 14.8 Å². The molecule has 0 unspecified atom stereocenters. The van der Waals surface area contributed by atoms with Gasteiger partial charge >= 0.3 is 0 Å². The fraction of sp³-hybridized carbons (Fsp3) is 0.238. The lowest BCUT2D eigenvalue weighted by atomic mass is 10.2.